The minimum absolute atomic E-state index is 0.0568. The molecule has 0 fully saturated rings. The SMILES string of the molecule is [B]c1c([B])c([B])c(-c2cccc(-c3c(OC)cccc3OC)c2F)c([B])c1[B]. The summed E-state index contributed by atoms with van der Waals surface area (Å²) in [5, 5.41) is 0. The summed E-state index contributed by atoms with van der Waals surface area (Å²) in [6.07, 6.45) is 0. The van der Waals surface area contributed by atoms with Crippen molar-refractivity contribution in [1.82, 2.24) is 0 Å². The van der Waals surface area contributed by atoms with Crippen LogP contribution in [0.3, 0.4) is 0 Å². The quantitative estimate of drug-likeness (QED) is 0.566. The van der Waals surface area contributed by atoms with Crippen molar-refractivity contribution in [3.05, 3.63) is 42.2 Å². The van der Waals surface area contributed by atoms with Crippen molar-refractivity contribution < 1.29 is 13.9 Å². The maximum atomic E-state index is 15.7. The van der Waals surface area contributed by atoms with Crippen LogP contribution >= 0.6 is 0 Å². The van der Waals surface area contributed by atoms with Gasteiger partial charge in [0.25, 0.3) is 0 Å². The highest BCUT2D eigenvalue weighted by Gasteiger charge is 2.21. The van der Waals surface area contributed by atoms with Crippen molar-refractivity contribution >= 4 is 66.5 Å². The Hall–Kier alpha value is -2.49. The van der Waals surface area contributed by atoms with Crippen LogP contribution in [0.1, 0.15) is 0 Å². The molecule has 126 valence electrons. The lowest BCUT2D eigenvalue weighted by Gasteiger charge is -2.22. The van der Waals surface area contributed by atoms with Crippen molar-refractivity contribution in [2.24, 2.45) is 0 Å². The molecule has 0 N–H and O–H groups in total. The molecule has 0 spiro atoms. The lowest BCUT2D eigenvalue weighted by molar-refractivity contribution is 0.397. The molecule has 0 aliphatic heterocycles. The van der Waals surface area contributed by atoms with Crippen molar-refractivity contribution in [3.8, 4) is 33.8 Å². The van der Waals surface area contributed by atoms with Crippen LogP contribution in [-0.2, 0) is 0 Å². The summed E-state index contributed by atoms with van der Waals surface area (Å²) < 4.78 is 26.4. The summed E-state index contributed by atoms with van der Waals surface area (Å²) in [4.78, 5) is 0. The molecule has 0 unspecified atom stereocenters. The number of benzene rings is 3. The summed E-state index contributed by atoms with van der Waals surface area (Å²) in [5.41, 5.74) is 1.35. The zero-order chi connectivity index (χ0) is 20.6. The summed E-state index contributed by atoms with van der Waals surface area (Å²) in [7, 11) is 32.9. The van der Waals surface area contributed by atoms with Gasteiger partial charge in [0.05, 0.1) is 19.8 Å². The van der Waals surface area contributed by atoms with E-state index >= 15 is 4.39 Å². The first-order valence-corrected chi connectivity index (χ1v) is 8.35. The van der Waals surface area contributed by atoms with Gasteiger partial charge in [0.15, 0.2) is 0 Å². The van der Waals surface area contributed by atoms with Gasteiger partial charge in [-0.25, -0.2) is 4.39 Å². The molecule has 0 heterocycles. The van der Waals surface area contributed by atoms with Crippen LogP contribution in [0, 0.1) is 5.82 Å². The van der Waals surface area contributed by atoms with Gasteiger partial charge in [0.2, 0.25) is 0 Å². The Morgan fingerprint density at radius 1 is 0.607 bits per heavy atom. The average Bonchev–Trinajstić information content (AvgIpc) is 2.71. The second-order valence-corrected chi connectivity index (χ2v) is 6.15. The standard InChI is InChI=1S/C20H12B5FO2/c1-27-11-7-4-8-12(28-2)13(11)9-5-3-6-10(20(9)26)14-15(21)17(23)19(25)18(24)16(14)22/h3-8H,1-2H3. The number of hydrogen-bond donors (Lipinski definition) is 0. The van der Waals surface area contributed by atoms with Gasteiger partial charge >= 0.3 is 0 Å². The molecular formula is C20H12B5FO2. The van der Waals surface area contributed by atoms with Crippen molar-refractivity contribution in [2.45, 2.75) is 0 Å². The van der Waals surface area contributed by atoms with Gasteiger partial charge in [-0.1, -0.05) is 35.2 Å². The van der Waals surface area contributed by atoms with Crippen LogP contribution in [0.5, 0.6) is 11.5 Å². The molecule has 0 saturated heterocycles. The van der Waals surface area contributed by atoms with E-state index in [0.29, 0.717) is 17.1 Å². The first kappa shape index (κ1) is 20.3. The van der Waals surface area contributed by atoms with Crippen LogP contribution in [0.25, 0.3) is 22.3 Å². The molecule has 3 rings (SSSR count). The first-order valence-electron chi connectivity index (χ1n) is 8.35. The molecular weight excluding hydrogens is 345 g/mol. The van der Waals surface area contributed by atoms with Gasteiger partial charge in [-0.05, 0) is 17.7 Å². The topological polar surface area (TPSA) is 18.5 Å². The highest BCUT2D eigenvalue weighted by molar-refractivity contribution is 6.68. The second kappa shape index (κ2) is 7.87. The Bertz CT molecular complexity index is 1020. The van der Waals surface area contributed by atoms with E-state index in [9.17, 15) is 0 Å². The van der Waals surface area contributed by atoms with Gasteiger partial charge in [-0.3, -0.25) is 0 Å². The highest BCUT2D eigenvalue weighted by Crippen LogP contribution is 2.41. The maximum absolute atomic E-state index is 15.7. The highest BCUT2D eigenvalue weighted by atomic mass is 19.1. The van der Waals surface area contributed by atoms with Gasteiger partial charge in [0.1, 0.15) is 56.5 Å². The zero-order valence-corrected chi connectivity index (χ0v) is 15.5. The molecule has 2 nitrogen and oxygen atoms in total. The van der Waals surface area contributed by atoms with Crippen molar-refractivity contribution in [3.63, 3.8) is 0 Å². The van der Waals surface area contributed by atoms with E-state index < -0.39 is 5.82 Å². The van der Waals surface area contributed by atoms with Gasteiger partial charge in [-0.2, -0.15) is 0 Å². The lowest BCUT2D eigenvalue weighted by atomic mass is 9.59. The van der Waals surface area contributed by atoms with Gasteiger partial charge in [-0.15, -0.1) is 16.4 Å². The van der Waals surface area contributed by atoms with Crippen molar-refractivity contribution in [1.29, 1.82) is 0 Å². The molecule has 0 saturated carbocycles. The summed E-state index contributed by atoms with van der Waals surface area (Å²) in [5.74, 6) is 0.327. The molecule has 0 aliphatic rings. The average molecular weight is 357 g/mol. The Labute approximate surface area is 170 Å². The third-order valence-electron chi connectivity index (χ3n) is 4.66. The van der Waals surface area contributed by atoms with Crippen LogP contribution < -0.4 is 36.8 Å². The van der Waals surface area contributed by atoms with Crippen LogP contribution in [0.15, 0.2) is 36.4 Å². The Kier molecular flexibility index (Phi) is 5.69. The molecule has 10 radical (unpaired) electrons. The summed E-state index contributed by atoms with van der Waals surface area (Å²) >= 11 is 0. The van der Waals surface area contributed by atoms with E-state index in [1.165, 1.54) is 20.3 Å². The first-order chi connectivity index (χ1) is 13.3. The molecule has 3 aromatic rings. The van der Waals surface area contributed by atoms with Crippen LogP contribution in [0.4, 0.5) is 4.39 Å². The molecule has 0 atom stereocenters. The molecule has 0 amide bonds. The van der Waals surface area contributed by atoms with E-state index in [-0.39, 0.29) is 44.0 Å². The fourth-order valence-electron chi connectivity index (χ4n) is 3.17. The minimum Gasteiger partial charge on any atom is -0.496 e. The second-order valence-electron chi connectivity index (χ2n) is 6.15. The summed E-state index contributed by atoms with van der Waals surface area (Å²) in [6.45, 7) is 0. The largest absolute Gasteiger partial charge is 0.496 e. The van der Waals surface area contributed by atoms with Crippen molar-refractivity contribution in [2.75, 3.05) is 14.2 Å². The van der Waals surface area contributed by atoms with Crippen LogP contribution in [0.2, 0.25) is 0 Å². The Morgan fingerprint density at radius 3 is 1.46 bits per heavy atom. The Balaban J connectivity index is 2.35. The van der Waals surface area contributed by atoms with E-state index in [1.807, 2.05) is 0 Å². The smallest absolute Gasteiger partial charge is 0.139 e. The molecule has 0 aromatic heterocycles. The fourth-order valence-corrected chi connectivity index (χ4v) is 3.17. The normalized spacial score (nSPS) is 10.7. The Morgan fingerprint density at radius 2 is 1.00 bits per heavy atom. The molecule has 0 aliphatic carbocycles. The lowest BCUT2D eigenvalue weighted by Crippen LogP contribution is -2.55. The van der Waals surface area contributed by atoms with E-state index in [2.05, 4.69) is 0 Å². The number of hydrogen-bond acceptors (Lipinski definition) is 2. The van der Waals surface area contributed by atoms with E-state index in [4.69, 9.17) is 48.7 Å². The van der Waals surface area contributed by atoms with Crippen LogP contribution in [-0.4, -0.2) is 53.5 Å². The predicted octanol–water partition coefficient (Wildman–Crippen LogP) is -0.854. The third kappa shape index (κ3) is 3.15. The summed E-state index contributed by atoms with van der Waals surface area (Å²) in [6, 6.07) is 9.99. The zero-order valence-electron chi connectivity index (χ0n) is 15.5. The maximum Gasteiger partial charge on any atom is 0.139 e. The van der Waals surface area contributed by atoms with Gasteiger partial charge < -0.3 is 9.47 Å². The fraction of sp³-hybridized carbons (Fsp3) is 0.100. The van der Waals surface area contributed by atoms with Gasteiger partial charge in [0, 0.05) is 11.1 Å². The molecule has 0 bridgehead atoms. The molecule has 28 heavy (non-hydrogen) atoms. The number of rotatable bonds is 4. The molecule has 8 heteroatoms. The monoisotopic (exact) mass is 358 g/mol. The van der Waals surface area contributed by atoms with E-state index in [0.717, 1.165) is 0 Å². The third-order valence-corrected chi connectivity index (χ3v) is 4.66. The number of halogens is 1. The predicted molar refractivity (Wildman–Crippen MR) is 117 cm³/mol. The van der Waals surface area contributed by atoms with E-state index in [1.54, 1.807) is 30.3 Å². The molecule has 3 aromatic carbocycles. The number of methoxy groups -OCH3 is 2. The number of ether oxygens (including phenoxy) is 2. The minimum atomic E-state index is -0.577.